The number of hydrogen-bond acceptors (Lipinski definition) is 3. The second-order valence-corrected chi connectivity index (χ2v) is 7.71. The van der Waals surface area contributed by atoms with Crippen LogP contribution in [0.5, 0.6) is 0 Å². The van der Waals surface area contributed by atoms with E-state index in [0.717, 1.165) is 28.8 Å². The van der Waals surface area contributed by atoms with Gasteiger partial charge in [-0.2, -0.15) is 5.10 Å². The van der Waals surface area contributed by atoms with E-state index in [2.05, 4.69) is 40.7 Å². The number of carbonyl (C=O) groups is 1. The average Bonchev–Trinajstić information content (AvgIpc) is 3.35. The van der Waals surface area contributed by atoms with E-state index in [1.54, 1.807) is 13.1 Å². The summed E-state index contributed by atoms with van der Waals surface area (Å²) in [5, 5.41) is 7.27. The largest absolute Gasteiger partial charge is 0.364 e. The van der Waals surface area contributed by atoms with Crippen molar-refractivity contribution in [1.29, 1.82) is 0 Å². The van der Waals surface area contributed by atoms with Crippen LogP contribution in [0.25, 0.3) is 11.1 Å². The van der Waals surface area contributed by atoms with Crippen molar-refractivity contribution in [1.82, 2.24) is 15.1 Å². The number of ether oxygens (including phenoxy) is 1. The number of nitrogens with one attached hydrogen (secondary N) is 1. The third kappa shape index (κ3) is 5.71. The minimum Gasteiger partial charge on any atom is -0.364 e. The zero-order chi connectivity index (χ0) is 22.2. The van der Waals surface area contributed by atoms with Gasteiger partial charge in [0.2, 0.25) is 5.91 Å². The van der Waals surface area contributed by atoms with Gasteiger partial charge in [0.05, 0.1) is 13.2 Å². The zero-order valence-corrected chi connectivity index (χ0v) is 18.1. The molecule has 0 aliphatic heterocycles. The van der Waals surface area contributed by atoms with E-state index in [0.29, 0.717) is 13.2 Å². The lowest BCUT2D eigenvalue weighted by atomic mass is 9.98. The van der Waals surface area contributed by atoms with E-state index < -0.39 is 6.10 Å². The van der Waals surface area contributed by atoms with Crippen molar-refractivity contribution in [3.63, 3.8) is 0 Å². The summed E-state index contributed by atoms with van der Waals surface area (Å²) in [4.78, 5) is 12.5. The number of hydrogen-bond donors (Lipinski definition) is 1. The SMILES string of the molecule is CC(OCc1ccccc1)C(=O)NCc1ccccc1-c1ccc(Cn2cccn2)cc1. The van der Waals surface area contributed by atoms with E-state index in [1.165, 1.54) is 5.56 Å². The number of rotatable bonds is 9. The van der Waals surface area contributed by atoms with Crippen LogP contribution in [0.3, 0.4) is 0 Å². The summed E-state index contributed by atoms with van der Waals surface area (Å²) in [6.45, 7) is 3.38. The van der Waals surface area contributed by atoms with Gasteiger partial charge >= 0.3 is 0 Å². The predicted octanol–water partition coefficient (Wildman–Crippen LogP) is 4.82. The maximum atomic E-state index is 12.5. The Balaban J connectivity index is 1.36. The number of nitrogens with zero attached hydrogens (tertiary/aromatic N) is 2. The van der Waals surface area contributed by atoms with E-state index >= 15 is 0 Å². The summed E-state index contributed by atoms with van der Waals surface area (Å²) in [5.41, 5.74) is 5.53. The van der Waals surface area contributed by atoms with Crippen LogP contribution >= 0.6 is 0 Å². The lowest BCUT2D eigenvalue weighted by molar-refractivity contribution is -0.132. The van der Waals surface area contributed by atoms with E-state index in [-0.39, 0.29) is 5.91 Å². The van der Waals surface area contributed by atoms with Crippen LogP contribution in [-0.4, -0.2) is 21.8 Å². The Labute approximate surface area is 188 Å². The molecule has 1 atom stereocenters. The molecule has 5 heteroatoms. The molecule has 1 amide bonds. The van der Waals surface area contributed by atoms with Crippen LogP contribution < -0.4 is 5.32 Å². The number of carbonyl (C=O) groups excluding carboxylic acids is 1. The summed E-state index contributed by atoms with van der Waals surface area (Å²) in [5.74, 6) is -0.120. The average molecular weight is 426 g/mol. The quantitative estimate of drug-likeness (QED) is 0.418. The Morgan fingerprint density at radius 2 is 1.69 bits per heavy atom. The molecular weight excluding hydrogens is 398 g/mol. The molecule has 0 bridgehead atoms. The fourth-order valence-corrected chi connectivity index (χ4v) is 3.52. The van der Waals surface area contributed by atoms with Gasteiger partial charge in [-0.05, 0) is 40.8 Å². The summed E-state index contributed by atoms with van der Waals surface area (Å²) in [7, 11) is 0. The third-order valence-electron chi connectivity index (χ3n) is 5.35. The van der Waals surface area contributed by atoms with Crippen molar-refractivity contribution in [2.24, 2.45) is 0 Å². The van der Waals surface area contributed by atoms with Crippen LogP contribution in [0, 0.1) is 0 Å². The molecule has 0 fully saturated rings. The Hall–Kier alpha value is -3.70. The Morgan fingerprint density at radius 3 is 2.44 bits per heavy atom. The second-order valence-electron chi connectivity index (χ2n) is 7.71. The van der Waals surface area contributed by atoms with Gasteiger partial charge in [0, 0.05) is 18.9 Å². The third-order valence-corrected chi connectivity index (χ3v) is 5.35. The van der Waals surface area contributed by atoms with Crippen LogP contribution in [0.15, 0.2) is 97.3 Å². The number of amides is 1. The van der Waals surface area contributed by atoms with Crippen molar-refractivity contribution in [2.45, 2.75) is 32.7 Å². The highest BCUT2D eigenvalue weighted by Gasteiger charge is 2.14. The molecule has 3 aromatic carbocycles. The fourth-order valence-electron chi connectivity index (χ4n) is 3.52. The van der Waals surface area contributed by atoms with E-state index in [4.69, 9.17) is 4.74 Å². The van der Waals surface area contributed by atoms with Gasteiger partial charge in [0.25, 0.3) is 0 Å². The molecule has 5 nitrogen and oxygen atoms in total. The zero-order valence-electron chi connectivity index (χ0n) is 18.1. The first-order chi connectivity index (χ1) is 15.7. The first kappa shape index (κ1) is 21.5. The fraction of sp³-hybridized carbons (Fsp3) is 0.185. The molecule has 4 rings (SSSR count). The van der Waals surface area contributed by atoms with Gasteiger partial charge in [0.15, 0.2) is 0 Å². The van der Waals surface area contributed by atoms with Crippen LogP contribution in [0.4, 0.5) is 0 Å². The topological polar surface area (TPSA) is 56.1 Å². The van der Waals surface area contributed by atoms with E-state index in [1.807, 2.05) is 65.5 Å². The summed E-state index contributed by atoms with van der Waals surface area (Å²) in [6.07, 6.45) is 3.21. The molecule has 162 valence electrons. The summed E-state index contributed by atoms with van der Waals surface area (Å²) < 4.78 is 7.63. The maximum absolute atomic E-state index is 12.5. The van der Waals surface area contributed by atoms with E-state index in [9.17, 15) is 4.79 Å². The summed E-state index contributed by atoms with van der Waals surface area (Å²) in [6, 6.07) is 28.4. The van der Waals surface area contributed by atoms with Crippen molar-refractivity contribution < 1.29 is 9.53 Å². The van der Waals surface area contributed by atoms with Gasteiger partial charge in [0.1, 0.15) is 6.10 Å². The molecule has 0 aliphatic rings. The second kappa shape index (κ2) is 10.6. The van der Waals surface area contributed by atoms with Gasteiger partial charge < -0.3 is 10.1 Å². The van der Waals surface area contributed by atoms with Crippen LogP contribution in [0.2, 0.25) is 0 Å². The summed E-state index contributed by atoms with van der Waals surface area (Å²) >= 11 is 0. The van der Waals surface area contributed by atoms with Crippen molar-refractivity contribution in [2.75, 3.05) is 0 Å². The standard InChI is InChI=1S/C27H27N3O2/c1-21(32-20-23-8-3-2-4-9-23)27(31)28-18-25-10-5-6-11-26(25)24-14-12-22(13-15-24)19-30-17-7-16-29-30/h2-17,21H,18-20H2,1H3,(H,28,31). The van der Waals surface area contributed by atoms with Crippen LogP contribution in [-0.2, 0) is 29.2 Å². The highest BCUT2D eigenvalue weighted by molar-refractivity contribution is 5.80. The predicted molar refractivity (Wildman–Crippen MR) is 126 cm³/mol. The Kier molecular flexibility index (Phi) is 7.10. The molecule has 1 unspecified atom stereocenters. The Bertz CT molecular complexity index is 1120. The molecule has 0 spiro atoms. The lowest BCUT2D eigenvalue weighted by Crippen LogP contribution is -2.34. The van der Waals surface area contributed by atoms with Crippen LogP contribution in [0.1, 0.15) is 23.6 Å². The van der Waals surface area contributed by atoms with Crippen molar-refractivity contribution >= 4 is 5.91 Å². The number of aromatic nitrogens is 2. The van der Waals surface area contributed by atoms with Gasteiger partial charge in [-0.25, -0.2) is 0 Å². The molecule has 1 N–H and O–H groups in total. The van der Waals surface area contributed by atoms with Crippen molar-refractivity contribution in [3.8, 4) is 11.1 Å². The molecule has 0 radical (unpaired) electrons. The molecule has 1 heterocycles. The highest BCUT2D eigenvalue weighted by Crippen LogP contribution is 2.24. The lowest BCUT2D eigenvalue weighted by Gasteiger charge is -2.15. The molecule has 1 aromatic heterocycles. The molecular formula is C27H27N3O2. The molecule has 0 saturated carbocycles. The number of benzene rings is 3. The molecule has 4 aromatic rings. The highest BCUT2D eigenvalue weighted by atomic mass is 16.5. The smallest absolute Gasteiger partial charge is 0.249 e. The maximum Gasteiger partial charge on any atom is 0.249 e. The minimum absolute atomic E-state index is 0.120. The van der Waals surface area contributed by atoms with Gasteiger partial charge in [-0.1, -0.05) is 78.9 Å². The molecule has 0 saturated heterocycles. The first-order valence-electron chi connectivity index (χ1n) is 10.8. The van der Waals surface area contributed by atoms with Crippen molar-refractivity contribution in [3.05, 3.63) is 114 Å². The Morgan fingerprint density at radius 1 is 0.938 bits per heavy atom. The molecule has 0 aliphatic carbocycles. The van der Waals surface area contributed by atoms with Gasteiger partial charge in [-0.15, -0.1) is 0 Å². The monoisotopic (exact) mass is 425 g/mol. The van der Waals surface area contributed by atoms with Gasteiger partial charge in [-0.3, -0.25) is 9.48 Å². The minimum atomic E-state index is -0.524. The first-order valence-corrected chi connectivity index (χ1v) is 10.8. The molecule has 32 heavy (non-hydrogen) atoms. The normalized spacial score (nSPS) is 11.8.